The molecule has 0 radical (unpaired) electrons. The van der Waals surface area contributed by atoms with E-state index in [9.17, 15) is 14.4 Å². The highest BCUT2D eigenvalue weighted by atomic mass is 16.5. The van der Waals surface area contributed by atoms with Gasteiger partial charge in [-0.05, 0) is 55.0 Å². The van der Waals surface area contributed by atoms with Crippen molar-refractivity contribution in [2.75, 3.05) is 13.7 Å². The van der Waals surface area contributed by atoms with Gasteiger partial charge in [-0.3, -0.25) is 4.79 Å². The van der Waals surface area contributed by atoms with Crippen LogP contribution in [0, 0.1) is 0 Å². The van der Waals surface area contributed by atoms with Crippen LogP contribution in [0.25, 0.3) is 21.9 Å². The van der Waals surface area contributed by atoms with E-state index in [1.165, 1.54) is 12.0 Å². The van der Waals surface area contributed by atoms with Crippen LogP contribution in [0.3, 0.4) is 0 Å². The number of benzene rings is 2. The molecule has 184 valence electrons. The lowest BCUT2D eigenvalue weighted by Crippen LogP contribution is -2.50. The fraction of sp³-hybridized carbons (Fsp3) is 0.321. The van der Waals surface area contributed by atoms with Crippen molar-refractivity contribution in [3.63, 3.8) is 0 Å². The van der Waals surface area contributed by atoms with Crippen LogP contribution in [0.1, 0.15) is 35.2 Å². The Balaban J connectivity index is 1.24. The lowest BCUT2D eigenvalue weighted by molar-refractivity contribution is -0.154. The molecule has 2 aromatic heterocycles. The highest BCUT2D eigenvalue weighted by Crippen LogP contribution is 2.32. The molecule has 0 saturated heterocycles. The van der Waals surface area contributed by atoms with Crippen LogP contribution in [0.5, 0.6) is 5.75 Å². The van der Waals surface area contributed by atoms with Crippen molar-refractivity contribution in [2.45, 2.75) is 44.7 Å². The van der Waals surface area contributed by atoms with Gasteiger partial charge in [-0.15, -0.1) is 0 Å². The average molecular weight is 487 g/mol. The molecule has 8 heteroatoms. The third kappa shape index (κ3) is 3.73. The molecular weight excluding hydrogens is 460 g/mol. The zero-order valence-electron chi connectivity index (χ0n) is 20.0. The lowest BCUT2D eigenvalue weighted by Gasteiger charge is -2.33. The second-order valence-electron chi connectivity index (χ2n) is 9.39. The van der Waals surface area contributed by atoms with Gasteiger partial charge in [0.15, 0.2) is 6.61 Å². The van der Waals surface area contributed by atoms with E-state index in [2.05, 4.69) is 4.98 Å². The normalized spacial score (nSPS) is 17.0. The van der Waals surface area contributed by atoms with Crippen LogP contribution in [0.2, 0.25) is 0 Å². The highest BCUT2D eigenvalue weighted by molar-refractivity contribution is 5.90. The smallest absolute Gasteiger partial charge is 0.339 e. The first kappa shape index (κ1) is 22.4. The van der Waals surface area contributed by atoms with Crippen molar-refractivity contribution < 1.29 is 23.5 Å². The van der Waals surface area contributed by atoms with Crippen LogP contribution in [-0.4, -0.2) is 41.5 Å². The van der Waals surface area contributed by atoms with Crippen LogP contribution in [0.15, 0.2) is 51.7 Å². The molecule has 6 rings (SSSR count). The summed E-state index contributed by atoms with van der Waals surface area (Å²) in [5.74, 6) is -0.370. The molecule has 1 amide bonds. The van der Waals surface area contributed by atoms with E-state index >= 15 is 0 Å². The molecule has 1 aliphatic carbocycles. The van der Waals surface area contributed by atoms with Gasteiger partial charge >= 0.3 is 11.6 Å². The summed E-state index contributed by atoms with van der Waals surface area (Å²) in [6, 6.07) is 12.5. The number of rotatable bonds is 4. The second-order valence-corrected chi connectivity index (χ2v) is 9.39. The van der Waals surface area contributed by atoms with Gasteiger partial charge < -0.3 is 23.8 Å². The van der Waals surface area contributed by atoms with Crippen LogP contribution < -0.4 is 10.4 Å². The fourth-order valence-electron chi connectivity index (χ4n) is 5.56. The van der Waals surface area contributed by atoms with Gasteiger partial charge in [0, 0.05) is 40.0 Å². The number of ether oxygens (including phenoxy) is 2. The molecule has 8 nitrogen and oxygen atoms in total. The molecule has 36 heavy (non-hydrogen) atoms. The first-order valence-corrected chi connectivity index (χ1v) is 12.2. The molecule has 1 aliphatic heterocycles. The van der Waals surface area contributed by atoms with E-state index in [1.807, 2.05) is 30.3 Å². The number of aromatic nitrogens is 1. The number of aromatic amines is 1. The lowest BCUT2D eigenvalue weighted by atomic mass is 9.91. The number of fused-ring (bicyclic) bond motifs is 6. The fourth-order valence-corrected chi connectivity index (χ4v) is 5.56. The minimum absolute atomic E-state index is 0.255. The molecular formula is C28H26N2O6. The monoisotopic (exact) mass is 486 g/mol. The Morgan fingerprint density at radius 2 is 1.86 bits per heavy atom. The number of amides is 1. The number of hydrogen-bond acceptors (Lipinski definition) is 6. The van der Waals surface area contributed by atoms with Gasteiger partial charge in [-0.25, -0.2) is 9.59 Å². The maximum atomic E-state index is 13.2. The molecule has 0 saturated carbocycles. The number of nitrogens with one attached hydrogen (secondary N) is 1. The SMILES string of the molecule is COC(=O)C1Cc2c([nH]c3ccccc23)CN1C(=O)COc1ccc2c3c(c(=O)oc2c1)CCCC3. The quantitative estimate of drug-likeness (QED) is 0.349. The molecule has 2 aliphatic rings. The molecule has 1 atom stereocenters. The Hall–Kier alpha value is -4.07. The Morgan fingerprint density at radius 1 is 1.06 bits per heavy atom. The van der Waals surface area contributed by atoms with Crippen molar-refractivity contribution in [2.24, 2.45) is 0 Å². The maximum absolute atomic E-state index is 13.2. The summed E-state index contributed by atoms with van der Waals surface area (Å²) in [4.78, 5) is 43.2. The van der Waals surface area contributed by atoms with E-state index in [0.717, 1.165) is 64.4 Å². The summed E-state index contributed by atoms with van der Waals surface area (Å²) >= 11 is 0. The first-order valence-electron chi connectivity index (χ1n) is 12.2. The minimum Gasteiger partial charge on any atom is -0.484 e. The van der Waals surface area contributed by atoms with Gasteiger partial charge in [0.2, 0.25) is 0 Å². The van der Waals surface area contributed by atoms with Gasteiger partial charge in [0.05, 0.1) is 13.7 Å². The number of hydrogen-bond donors (Lipinski definition) is 1. The molecule has 0 spiro atoms. The number of carbonyl (C=O) groups is 2. The number of esters is 1. The second kappa shape index (κ2) is 8.86. The summed E-state index contributed by atoms with van der Waals surface area (Å²) in [6.07, 6.45) is 4.01. The topological polar surface area (TPSA) is 102 Å². The number of para-hydroxylation sites is 1. The zero-order chi connectivity index (χ0) is 24.8. The number of aryl methyl sites for hydroxylation is 1. The van der Waals surface area contributed by atoms with Gasteiger partial charge in [0.1, 0.15) is 17.4 Å². The predicted molar refractivity (Wildman–Crippen MR) is 133 cm³/mol. The maximum Gasteiger partial charge on any atom is 0.339 e. The van der Waals surface area contributed by atoms with Crippen LogP contribution in [0.4, 0.5) is 0 Å². The van der Waals surface area contributed by atoms with Crippen molar-refractivity contribution in [1.29, 1.82) is 0 Å². The third-order valence-corrected chi connectivity index (χ3v) is 7.36. The summed E-state index contributed by atoms with van der Waals surface area (Å²) in [7, 11) is 1.33. The predicted octanol–water partition coefficient (Wildman–Crippen LogP) is 3.66. The van der Waals surface area contributed by atoms with Gasteiger partial charge in [0.25, 0.3) is 5.91 Å². The number of methoxy groups -OCH3 is 1. The largest absolute Gasteiger partial charge is 0.484 e. The van der Waals surface area contributed by atoms with E-state index in [-0.39, 0.29) is 24.7 Å². The molecule has 4 aromatic rings. The van der Waals surface area contributed by atoms with Crippen LogP contribution >= 0.6 is 0 Å². The number of nitrogens with zero attached hydrogens (tertiary/aromatic N) is 1. The molecule has 0 bridgehead atoms. The summed E-state index contributed by atoms with van der Waals surface area (Å²) in [6.45, 7) is -0.00551. The average Bonchev–Trinajstić information content (AvgIpc) is 3.28. The zero-order valence-corrected chi connectivity index (χ0v) is 20.0. The Kier molecular flexibility index (Phi) is 5.51. The number of carbonyl (C=O) groups excluding carboxylic acids is 2. The summed E-state index contributed by atoms with van der Waals surface area (Å²) in [5.41, 5.74) is 4.89. The third-order valence-electron chi connectivity index (χ3n) is 7.36. The molecule has 3 heterocycles. The Labute approximate surface area is 206 Å². The standard InChI is InChI=1S/C28H26N2O6/c1-34-28(33)24-13-21-18-7-4-5-9-22(18)29-23(21)14-30(24)26(31)15-35-16-10-11-19-17-6-2-3-8-20(17)27(32)36-25(19)12-16/h4-5,7,9-12,24,29H,2-3,6,8,13-15H2,1H3. The molecule has 1 N–H and O–H groups in total. The van der Waals surface area contributed by atoms with E-state index in [1.54, 1.807) is 12.1 Å². The van der Waals surface area contributed by atoms with Crippen molar-refractivity contribution in [3.8, 4) is 5.75 Å². The summed E-state index contributed by atoms with van der Waals surface area (Å²) in [5, 5.41) is 1.96. The number of H-pyrrole nitrogens is 1. The van der Waals surface area contributed by atoms with Gasteiger partial charge in [-0.1, -0.05) is 18.2 Å². The van der Waals surface area contributed by atoms with Crippen molar-refractivity contribution in [3.05, 3.63) is 75.3 Å². The highest BCUT2D eigenvalue weighted by Gasteiger charge is 2.37. The van der Waals surface area contributed by atoms with Crippen LogP contribution in [-0.2, 0) is 40.1 Å². The van der Waals surface area contributed by atoms with E-state index in [0.29, 0.717) is 17.8 Å². The van der Waals surface area contributed by atoms with Crippen molar-refractivity contribution in [1.82, 2.24) is 9.88 Å². The first-order chi connectivity index (χ1) is 17.5. The molecule has 2 aromatic carbocycles. The van der Waals surface area contributed by atoms with Crippen molar-refractivity contribution >= 4 is 33.7 Å². The van der Waals surface area contributed by atoms with E-state index < -0.39 is 12.0 Å². The Morgan fingerprint density at radius 3 is 2.69 bits per heavy atom. The minimum atomic E-state index is -0.737. The van der Waals surface area contributed by atoms with Gasteiger partial charge in [-0.2, -0.15) is 0 Å². The van der Waals surface area contributed by atoms with E-state index in [4.69, 9.17) is 13.9 Å². The molecule has 0 fully saturated rings. The molecule has 1 unspecified atom stereocenters. The summed E-state index contributed by atoms with van der Waals surface area (Å²) < 4.78 is 16.4. The Bertz CT molecular complexity index is 1570.